The SMILES string of the molecule is COc1cc(C(=O)NCC(CCN2CCCN(c3nc4ccccc4n3Cc3ccc(CO)o3)CC2)c2ccncc2)c(C)c(OC)c1OC. The number of furan rings is 1. The minimum Gasteiger partial charge on any atom is -0.493 e. The number of aliphatic hydroxyl groups is 1. The molecule has 3 aromatic heterocycles. The Morgan fingerprint density at radius 3 is 2.48 bits per heavy atom. The van der Waals surface area contributed by atoms with Gasteiger partial charge in [-0.25, -0.2) is 4.98 Å². The van der Waals surface area contributed by atoms with E-state index in [1.165, 1.54) is 0 Å². The number of carbonyl (C=O) groups is 1. The zero-order chi connectivity index (χ0) is 35.0. The van der Waals surface area contributed by atoms with Crippen LogP contribution >= 0.6 is 0 Å². The third kappa shape index (κ3) is 7.56. The first kappa shape index (κ1) is 34.8. The number of amides is 1. The first-order valence-corrected chi connectivity index (χ1v) is 17.0. The molecule has 1 aliphatic heterocycles. The lowest BCUT2D eigenvalue weighted by molar-refractivity contribution is 0.0948. The number of ether oxygens (including phenoxy) is 3. The van der Waals surface area contributed by atoms with E-state index in [2.05, 4.69) is 30.7 Å². The Morgan fingerprint density at radius 1 is 0.960 bits per heavy atom. The molecule has 50 heavy (non-hydrogen) atoms. The molecule has 1 saturated heterocycles. The lowest BCUT2D eigenvalue weighted by Crippen LogP contribution is -2.34. The molecule has 12 nitrogen and oxygen atoms in total. The van der Waals surface area contributed by atoms with Gasteiger partial charge in [0.2, 0.25) is 11.7 Å². The van der Waals surface area contributed by atoms with Crippen LogP contribution in [0.25, 0.3) is 11.0 Å². The number of pyridine rings is 1. The van der Waals surface area contributed by atoms with E-state index in [0.717, 1.165) is 73.9 Å². The number of carbonyl (C=O) groups excluding carboxylic acids is 1. The Morgan fingerprint density at radius 2 is 1.74 bits per heavy atom. The molecule has 2 aromatic carbocycles. The van der Waals surface area contributed by atoms with Crippen LogP contribution in [0, 0.1) is 6.92 Å². The first-order chi connectivity index (χ1) is 24.4. The van der Waals surface area contributed by atoms with Gasteiger partial charge in [0.05, 0.1) is 38.9 Å². The molecule has 2 N–H and O–H groups in total. The molecule has 4 heterocycles. The summed E-state index contributed by atoms with van der Waals surface area (Å²) in [6, 6.07) is 17.7. The molecular weight excluding hydrogens is 636 g/mol. The van der Waals surface area contributed by atoms with E-state index in [1.807, 2.05) is 49.4 Å². The quantitative estimate of drug-likeness (QED) is 0.165. The number of fused-ring (bicyclic) bond motifs is 1. The Kier molecular flexibility index (Phi) is 11.2. The summed E-state index contributed by atoms with van der Waals surface area (Å²) in [6.45, 7) is 7.18. The van der Waals surface area contributed by atoms with Gasteiger partial charge in [0.15, 0.2) is 11.5 Å². The molecule has 12 heteroatoms. The van der Waals surface area contributed by atoms with Gasteiger partial charge in [-0.1, -0.05) is 12.1 Å². The van der Waals surface area contributed by atoms with Gasteiger partial charge in [-0.05, 0) is 80.9 Å². The lowest BCUT2D eigenvalue weighted by Gasteiger charge is -2.25. The summed E-state index contributed by atoms with van der Waals surface area (Å²) in [5, 5.41) is 12.7. The van der Waals surface area contributed by atoms with E-state index < -0.39 is 0 Å². The number of benzene rings is 2. The van der Waals surface area contributed by atoms with Crippen molar-refractivity contribution in [2.24, 2.45) is 0 Å². The van der Waals surface area contributed by atoms with Gasteiger partial charge in [-0.3, -0.25) is 9.78 Å². The van der Waals surface area contributed by atoms with Crippen molar-refractivity contribution in [1.82, 2.24) is 24.8 Å². The van der Waals surface area contributed by atoms with Crippen LogP contribution in [0.1, 0.15) is 51.8 Å². The molecule has 1 atom stereocenters. The van der Waals surface area contributed by atoms with E-state index in [-0.39, 0.29) is 18.4 Å². The maximum atomic E-state index is 13.6. The summed E-state index contributed by atoms with van der Waals surface area (Å²) in [4.78, 5) is 27.7. The summed E-state index contributed by atoms with van der Waals surface area (Å²) in [6.07, 6.45) is 5.46. The van der Waals surface area contributed by atoms with E-state index >= 15 is 0 Å². The number of imidazole rings is 1. The third-order valence-corrected chi connectivity index (χ3v) is 9.50. The molecule has 0 saturated carbocycles. The van der Waals surface area contributed by atoms with Crippen LogP contribution in [0.4, 0.5) is 5.95 Å². The average molecular weight is 683 g/mol. The van der Waals surface area contributed by atoms with Crippen LogP contribution < -0.4 is 24.4 Å². The largest absolute Gasteiger partial charge is 0.493 e. The standard InChI is InChI=1S/C38H46N6O6/c1-26-31(22-34(47-2)36(49-4)35(26)48-3)37(46)40-23-28(27-12-15-39-16-13-27)14-19-42-17-7-18-43(21-20-42)38-41-32-8-5-6-9-33(32)44(38)24-29-10-11-30(25-45)50-29/h5-6,8-13,15-16,22,28,45H,7,14,17-21,23-25H2,1-4H3,(H,40,46). The molecule has 0 bridgehead atoms. The summed E-state index contributed by atoms with van der Waals surface area (Å²) < 4.78 is 24.6. The molecule has 1 fully saturated rings. The Labute approximate surface area is 292 Å². The zero-order valence-corrected chi connectivity index (χ0v) is 29.2. The Bertz CT molecular complexity index is 1890. The molecule has 1 unspecified atom stereocenters. The second-order valence-corrected chi connectivity index (χ2v) is 12.5. The molecule has 0 spiro atoms. The number of anilines is 1. The predicted molar refractivity (Wildman–Crippen MR) is 191 cm³/mol. The monoisotopic (exact) mass is 682 g/mol. The van der Waals surface area contributed by atoms with Crippen molar-refractivity contribution in [3.8, 4) is 17.2 Å². The minimum atomic E-state index is -0.198. The molecule has 1 amide bonds. The predicted octanol–water partition coefficient (Wildman–Crippen LogP) is 5.02. The van der Waals surface area contributed by atoms with Crippen molar-refractivity contribution in [3.05, 3.63) is 95.2 Å². The number of hydrogen-bond donors (Lipinski definition) is 2. The highest BCUT2D eigenvalue weighted by Crippen LogP contribution is 2.41. The van der Waals surface area contributed by atoms with Crippen molar-refractivity contribution in [1.29, 1.82) is 0 Å². The zero-order valence-electron chi connectivity index (χ0n) is 29.2. The third-order valence-electron chi connectivity index (χ3n) is 9.50. The number of rotatable bonds is 14. The van der Waals surface area contributed by atoms with E-state index in [1.54, 1.807) is 39.8 Å². The fraction of sp³-hybridized carbons (Fsp3) is 0.395. The molecule has 0 radical (unpaired) electrons. The summed E-state index contributed by atoms with van der Waals surface area (Å²) >= 11 is 0. The summed E-state index contributed by atoms with van der Waals surface area (Å²) in [5.41, 5.74) is 4.29. The second-order valence-electron chi connectivity index (χ2n) is 12.5. The molecule has 6 rings (SSSR count). The molecule has 5 aromatic rings. The topological polar surface area (TPSA) is 127 Å². The highest BCUT2D eigenvalue weighted by atomic mass is 16.5. The normalized spacial score (nSPS) is 14.4. The van der Waals surface area contributed by atoms with E-state index in [9.17, 15) is 9.90 Å². The maximum absolute atomic E-state index is 13.6. The van der Waals surface area contributed by atoms with Crippen molar-refractivity contribution in [3.63, 3.8) is 0 Å². The molecular formula is C38H46N6O6. The molecule has 1 aliphatic rings. The Balaban J connectivity index is 1.13. The maximum Gasteiger partial charge on any atom is 0.251 e. The van der Waals surface area contributed by atoms with Crippen LogP contribution in [0.5, 0.6) is 17.2 Å². The van der Waals surface area contributed by atoms with Crippen LogP contribution in [0.15, 0.2) is 71.4 Å². The first-order valence-electron chi connectivity index (χ1n) is 17.0. The van der Waals surface area contributed by atoms with Gasteiger partial charge in [0, 0.05) is 55.6 Å². The van der Waals surface area contributed by atoms with Crippen LogP contribution in [-0.2, 0) is 13.2 Å². The molecule has 264 valence electrons. The molecule has 0 aliphatic carbocycles. The smallest absolute Gasteiger partial charge is 0.251 e. The van der Waals surface area contributed by atoms with Gasteiger partial charge in [-0.2, -0.15) is 0 Å². The number of nitrogens with zero attached hydrogens (tertiary/aromatic N) is 5. The van der Waals surface area contributed by atoms with E-state index in [4.69, 9.17) is 23.6 Å². The number of aromatic nitrogens is 3. The van der Waals surface area contributed by atoms with Gasteiger partial charge in [-0.15, -0.1) is 0 Å². The van der Waals surface area contributed by atoms with Gasteiger partial charge >= 0.3 is 0 Å². The van der Waals surface area contributed by atoms with Crippen LogP contribution in [0.3, 0.4) is 0 Å². The van der Waals surface area contributed by atoms with Crippen molar-refractivity contribution < 1.29 is 28.5 Å². The van der Waals surface area contributed by atoms with Gasteiger partial charge < -0.3 is 43.4 Å². The van der Waals surface area contributed by atoms with Crippen LogP contribution in [0.2, 0.25) is 0 Å². The number of para-hydroxylation sites is 2. The number of methoxy groups -OCH3 is 3. The number of nitrogens with one attached hydrogen (secondary N) is 1. The van der Waals surface area contributed by atoms with Crippen molar-refractivity contribution in [2.75, 3.05) is 65.5 Å². The Hall–Kier alpha value is -5.07. The van der Waals surface area contributed by atoms with Crippen LogP contribution in [-0.4, -0.2) is 91.0 Å². The minimum absolute atomic E-state index is 0.0879. The summed E-state index contributed by atoms with van der Waals surface area (Å²) in [5.74, 6) is 3.53. The van der Waals surface area contributed by atoms with E-state index in [0.29, 0.717) is 47.2 Å². The fourth-order valence-electron chi connectivity index (χ4n) is 6.81. The number of aliphatic hydroxyl groups excluding tert-OH is 1. The van der Waals surface area contributed by atoms with Crippen molar-refractivity contribution in [2.45, 2.75) is 38.8 Å². The van der Waals surface area contributed by atoms with Gasteiger partial charge in [0.1, 0.15) is 18.1 Å². The second kappa shape index (κ2) is 16.1. The van der Waals surface area contributed by atoms with Gasteiger partial charge in [0.25, 0.3) is 5.91 Å². The average Bonchev–Trinajstić information content (AvgIpc) is 3.68. The number of hydrogen-bond acceptors (Lipinski definition) is 10. The lowest BCUT2D eigenvalue weighted by atomic mass is 9.95. The highest BCUT2D eigenvalue weighted by molar-refractivity contribution is 5.97. The summed E-state index contributed by atoms with van der Waals surface area (Å²) in [7, 11) is 4.65. The van der Waals surface area contributed by atoms with Crippen molar-refractivity contribution >= 4 is 22.9 Å². The highest BCUT2D eigenvalue weighted by Gasteiger charge is 2.25. The fourth-order valence-corrected chi connectivity index (χ4v) is 6.81.